The lowest BCUT2D eigenvalue weighted by Crippen LogP contribution is -2.15. The molecular weight excluding hydrogens is 312 g/mol. The van der Waals surface area contributed by atoms with Gasteiger partial charge in [-0.15, -0.1) is 0 Å². The summed E-state index contributed by atoms with van der Waals surface area (Å²) in [5.74, 6) is 0.445. The molecule has 2 atom stereocenters. The highest BCUT2D eigenvalue weighted by Crippen LogP contribution is 2.33. The van der Waals surface area contributed by atoms with Gasteiger partial charge in [0.25, 0.3) is 0 Å². The van der Waals surface area contributed by atoms with Crippen LogP contribution in [0.3, 0.4) is 0 Å². The lowest BCUT2D eigenvalue weighted by atomic mass is 10.1. The van der Waals surface area contributed by atoms with E-state index in [4.69, 9.17) is 4.74 Å². The Balaban J connectivity index is 2.36. The molecule has 23 heavy (non-hydrogen) atoms. The van der Waals surface area contributed by atoms with Gasteiger partial charge in [0.05, 0.1) is 24.2 Å². The van der Waals surface area contributed by atoms with Crippen molar-refractivity contribution < 1.29 is 18.3 Å². The van der Waals surface area contributed by atoms with Crippen LogP contribution in [0.25, 0.3) is 0 Å². The van der Waals surface area contributed by atoms with Crippen molar-refractivity contribution in [2.45, 2.75) is 31.0 Å². The van der Waals surface area contributed by atoms with E-state index in [2.05, 4.69) is 0 Å². The fourth-order valence-corrected chi connectivity index (χ4v) is 4.14. The van der Waals surface area contributed by atoms with Gasteiger partial charge in [-0.3, -0.25) is 0 Å². The van der Waals surface area contributed by atoms with Gasteiger partial charge in [0.1, 0.15) is 5.75 Å². The Morgan fingerprint density at radius 3 is 2.17 bits per heavy atom. The molecule has 2 aromatic rings. The molecule has 0 amide bonds. The third-order valence-electron chi connectivity index (χ3n) is 3.98. The lowest BCUT2D eigenvalue weighted by molar-refractivity contribution is 0.198. The van der Waals surface area contributed by atoms with Gasteiger partial charge in [-0.05, 0) is 31.0 Å². The second kappa shape index (κ2) is 7.15. The SMILES string of the molecule is COc1ccccc1C(C)S(=O)(=O)Cc1ccccc1C(C)O. The lowest BCUT2D eigenvalue weighted by Gasteiger charge is -2.18. The van der Waals surface area contributed by atoms with Crippen LogP contribution in [0.2, 0.25) is 0 Å². The highest BCUT2D eigenvalue weighted by atomic mass is 32.2. The van der Waals surface area contributed by atoms with Gasteiger partial charge in [0, 0.05) is 5.56 Å². The first-order valence-corrected chi connectivity index (χ1v) is 9.18. The number of benzene rings is 2. The van der Waals surface area contributed by atoms with Crippen molar-refractivity contribution in [2.75, 3.05) is 7.11 Å². The molecule has 0 fully saturated rings. The first-order chi connectivity index (χ1) is 10.9. The van der Waals surface area contributed by atoms with Gasteiger partial charge in [0.15, 0.2) is 9.84 Å². The van der Waals surface area contributed by atoms with E-state index in [1.165, 1.54) is 7.11 Å². The minimum atomic E-state index is -3.45. The Morgan fingerprint density at radius 1 is 1.00 bits per heavy atom. The first kappa shape index (κ1) is 17.5. The summed E-state index contributed by atoms with van der Waals surface area (Å²) in [6.07, 6.45) is -0.706. The van der Waals surface area contributed by atoms with E-state index < -0.39 is 21.2 Å². The Bertz CT molecular complexity index is 766. The molecule has 0 bridgehead atoms. The summed E-state index contributed by atoms with van der Waals surface area (Å²) < 4.78 is 30.9. The zero-order chi connectivity index (χ0) is 17.0. The van der Waals surface area contributed by atoms with Crippen LogP contribution in [-0.2, 0) is 15.6 Å². The quantitative estimate of drug-likeness (QED) is 0.879. The van der Waals surface area contributed by atoms with E-state index in [1.54, 1.807) is 56.3 Å². The molecule has 0 spiro atoms. The molecule has 124 valence electrons. The molecule has 1 N–H and O–H groups in total. The summed E-state index contributed by atoms with van der Waals surface area (Å²) in [6.45, 7) is 3.30. The van der Waals surface area contributed by atoms with Crippen LogP contribution in [0.4, 0.5) is 0 Å². The zero-order valence-electron chi connectivity index (χ0n) is 13.6. The molecule has 0 saturated carbocycles. The average Bonchev–Trinajstić information content (AvgIpc) is 2.54. The summed E-state index contributed by atoms with van der Waals surface area (Å²) in [5, 5.41) is 9.13. The Hall–Kier alpha value is -1.85. The number of para-hydroxylation sites is 1. The molecular formula is C18H22O4S. The molecule has 4 nitrogen and oxygen atoms in total. The minimum Gasteiger partial charge on any atom is -0.496 e. The van der Waals surface area contributed by atoms with Crippen molar-refractivity contribution in [1.29, 1.82) is 0 Å². The Labute approximate surface area is 137 Å². The van der Waals surface area contributed by atoms with Crippen molar-refractivity contribution >= 4 is 9.84 Å². The summed E-state index contributed by atoms with van der Waals surface area (Å²) in [5.41, 5.74) is 1.91. The minimum absolute atomic E-state index is 0.118. The van der Waals surface area contributed by atoms with Gasteiger partial charge in [-0.2, -0.15) is 0 Å². The predicted octanol–water partition coefficient (Wildman–Crippen LogP) is 3.42. The van der Waals surface area contributed by atoms with E-state index in [1.807, 2.05) is 6.07 Å². The van der Waals surface area contributed by atoms with Crippen molar-refractivity contribution in [2.24, 2.45) is 0 Å². The maximum atomic E-state index is 12.8. The molecule has 0 aliphatic rings. The first-order valence-electron chi connectivity index (χ1n) is 7.47. The number of sulfone groups is 1. The van der Waals surface area contributed by atoms with Gasteiger partial charge >= 0.3 is 0 Å². The second-order valence-electron chi connectivity index (χ2n) is 5.57. The van der Waals surface area contributed by atoms with Crippen molar-refractivity contribution in [1.82, 2.24) is 0 Å². The highest BCUT2D eigenvalue weighted by Gasteiger charge is 2.26. The normalized spacial score (nSPS) is 14.3. The number of aliphatic hydroxyl groups is 1. The maximum Gasteiger partial charge on any atom is 0.161 e. The molecule has 0 heterocycles. The smallest absolute Gasteiger partial charge is 0.161 e. The third-order valence-corrected chi connectivity index (χ3v) is 6.02. The molecule has 0 aromatic heterocycles. The average molecular weight is 334 g/mol. The second-order valence-corrected chi connectivity index (χ2v) is 7.89. The Kier molecular flexibility index (Phi) is 5.44. The Morgan fingerprint density at radius 2 is 1.57 bits per heavy atom. The maximum absolute atomic E-state index is 12.8. The summed E-state index contributed by atoms with van der Waals surface area (Å²) in [7, 11) is -1.92. The van der Waals surface area contributed by atoms with E-state index in [9.17, 15) is 13.5 Å². The van der Waals surface area contributed by atoms with Gasteiger partial charge < -0.3 is 9.84 Å². The molecule has 0 aliphatic carbocycles. The molecule has 0 saturated heterocycles. The van der Waals surface area contributed by atoms with E-state index in [0.717, 1.165) is 0 Å². The molecule has 0 radical (unpaired) electrons. The standard InChI is InChI=1S/C18H22O4S/c1-13(19)16-9-5-4-8-15(16)12-23(20,21)14(2)17-10-6-7-11-18(17)22-3/h4-11,13-14,19H,12H2,1-3H3. The monoisotopic (exact) mass is 334 g/mol. The van der Waals surface area contributed by atoms with Gasteiger partial charge in [-0.1, -0.05) is 42.5 Å². The fraction of sp³-hybridized carbons (Fsp3) is 0.333. The highest BCUT2D eigenvalue weighted by molar-refractivity contribution is 7.90. The van der Waals surface area contributed by atoms with Gasteiger partial charge in [0.2, 0.25) is 0 Å². The van der Waals surface area contributed by atoms with Crippen molar-refractivity contribution in [3.63, 3.8) is 0 Å². The summed E-state index contributed by atoms with van der Waals surface area (Å²) in [6, 6.07) is 14.2. The summed E-state index contributed by atoms with van der Waals surface area (Å²) >= 11 is 0. The van der Waals surface area contributed by atoms with Gasteiger partial charge in [-0.25, -0.2) is 8.42 Å². The third kappa shape index (κ3) is 3.92. The zero-order valence-corrected chi connectivity index (χ0v) is 14.4. The fourth-order valence-electron chi connectivity index (χ4n) is 2.61. The summed E-state index contributed by atoms with van der Waals surface area (Å²) in [4.78, 5) is 0. The van der Waals surface area contributed by atoms with Crippen molar-refractivity contribution in [3.8, 4) is 5.75 Å². The van der Waals surface area contributed by atoms with Crippen LogP contribution < -0.4 is 4.74 Å². The number of rotatable bonds is 6. The number of methoxy groups -OCH3 is 1. The van der Waals surface area contributed by atoms with Crippen LogP contribution >= 0.6 is 0 Å². The molecule has 2 unspecified atom stereocenters. The topological polar surface area (TPSA) is 63.6 Å². The van der Waals surface area contributed by atoms with Crippen LogP contribution in [-0.4, -0.2) is 20.6 Å². The predicted molar refractivity (Wildman–Crippen MR) is 91.1 cm³/mol. The number of aliphatic hydroxyl groups excluding tert-OH is 1. The van der Waals surface area contributed by atoms with Crippen LogP contribution in [0.1, 0.15) is 41.9 Å². The van der Waals surface area contributed by atoms with E-state index in [0.29, 0.717) is 22.4 Å². The van der Waals surface area contributed by atoms with E-state index >= 15 is 0 Å². The number of ether oxygens (including phenoxy) is 1. The molecule has 0 aliphatic heterocycles. The van der Waals surface area contributed by atoms with Crippen LogP contribution in [0, 0.1) is 0 Å². The van der Waals surface area contributed by atoms with E-state index in [-0.39, 0.29) is 5.75 Å². The van der Waals surface area contributed by atoms with Crippen LogP contribution in [0.5, 0.6) is 5.75 Å². The molecule has 2 aromatic carbocycles. The molecule has 5 heteroatoms. The largest absolute Gasteiger partial charge is 0.496 e. The molecule has 2 rings (SSSR count). The number of hydrogen-bond acceptors (Lipinski definition) is 4. The van der Waals surface area contributed by atoms with Crippen LogP contribution in [0.15, 0.2) is 48.5 Å². The number of hydrogen-bond donors (Lipinski definition) is 1. The van der Waals surface area contributed by atoms with Crippen molar-refractivity contribution in [3.05, 3.63) is 65.2 Å².